The molecule has 2 nitrogen and oxygen atoms in total. The van der Waals surface area contributed by atoms with Crippen molar-refractivity contribution < 1.29 is 4.79 Å². The highest BCUT2D eigenvalue weighted by Crippen LogP contribution is 2.32. The van der Waals surface area contributed by atoms with Gasteiger partial charge in [-0.15, -0.1) is 0 Å². The van der Waals surface area contributed by atoms with Gasteiger partial charge in [-0.3, -0.25) is 9.69 Å². The van der Waals surface area contributed by atoms with Gasteiger partial charge in [-0.25, -0.2) is 0 Å². The van der Waals surface area contributed by atoms with E-state index < -0.39 is 0 Å². The van der Waals surface area contributed by atoms with Crippen LogP contribution in [-0.2, 0) is 6.54 Å². The van der Waals surface area contributed by atoms with Crippen LogP contribution in [0, 0.1) is 5.92 Å². The highest BCUT2D eigenvalue weighted by atomic mass is 16.1. The lowest BCUT2D eigenvalue weighted by molar-refractivity contribution is 0.0967. The molecule has 0 N–H and O–H groups in total. The Hall–Kier alpha value is -1.15. The van der Waals surface area contributed by atoms with Gasteiger partial charge in [0.05, 0.1) is 0 Å². The molecular weight excluding hydrogens is 210 g/mol. The van der Waals surface area contributed by atoms with Gasteiger partial charge in [0.2, 0.25) is 0 Å². The van der Waals surface area contributed by atoms with Crippen LogP contribution in [0.2, 0.25) is 0 Å². The van der Waals surface area contributed by atoms with Gasteiger partial charge in [-0.1, -0.05) is 18.2 Å². The smallest absolute Gasteiger partial charge is 0.165 e. The monoisotopic (exact) mass is 229 g/mol. The van der Waals surface area contributed by atoms with Gasteiger partial charge in [-0.05, 0) is 50.4 Å². The molecule has 3 rings (SSSR count). The predicted octanol–water partition coefficient (Wildman–Crippen LogP) is 2.88. The Kier molecular flexibility index (Phi) is 2.98. The maximum absolute atomic E-state index is 12.0. The maximum atomic E-state index is 12.0. The van der Waals surface area contributed by atoms with Gasteiger partial charge in [0.1, 0.15) is 0 Å². The lowest BCUT2D eigenvalue weighted by Gasteiger charge is -2.14. The summed E-state index contributed by atoms with van der Waals surface area (Å²) < 4.78 is 0. The first kappa shape index (κ1) is 11.0. The zero-order valence-electron chi connectivity index (χ0n) is 10.2. The Morgan fingerprint density at radius 3 is 2.71 bits per heavy atom. The highest BCUT2D eigenvalue weighted by Gasteiger charge is 2.30. The van der Waals surface area contributed by atoms with Crippen LogP contribution in [0.5, 0.6) is 0 Å². The van der Waals surface area contributed by atoms with E-state index in [1.165, 1.54) is 31.5 Å². The van der Waals surface area contributed by atoms with E-state index in [0.717, 1.165) is 24.9 Å². The van der Waals surface area contributed by atoms with E-state index in [1.54, 1.807) is 0 Å². The summed E-state index contributed by atoms with van der Waals surface area (Å²) in [5.41, 5.74) is 2.21. The van der Waals surface area contributed by atoms with Gasteiger partial charge in [0, 0.05) is 18.0 Å². The number of carbonyl (C=O) groups is 1. The lowest BCUT2D eigenvalue weighted by atomic mass is 10.0. The van der Waals surface area contributed by atoms with Gasteiger partial charge in [-0.2, -0.15) is 0 Å². The number of rotatable bonds is 4. The fourth-order valence-electron chi connectivity index (χ4n) is 2.60. The van der Waals surface area contributed by atoms with Crippen molar-refractivity contribution in [2.75, 3.05) is 13.1 Å². The van der Waals surface area contributed by atoms with Crippen LogP contribution in [-0.4, -0.2) is 23.8 Å². The lowest BCUT2D eigenvalue weighted by Crippen LogP contribution is -2.18. The van der Waals surface area contributed by atoms with Crippen molar-refractivity contribution in [3.05, 3.63) is 35.4 Å². The Labute approximate surface area is 103 Å². The molecule has 0 radical (unpaired) electrons. The number of hydrogen-bond donors (Lipinski definition) is 0. The standard InChI is InChI=1S/C15H19NO/c17-15(13-6-7-13)14-5-3-4-12(10-14)11-16-8-1-2-9-16/h3-5,10,13H,1-2,6-9,11H2. The second-order valence-corrected chi connectivity index (χ2v) is 5.32. The van der Waals surface area contributed by atoms with Crippen LogP contribution in [0.15, 0.2) is 24.3 Å². The molecular formula is C15H19NO. The molecule has 1 aromatic rings. The molecule has 0 unspecified atom stereocenters. The van der Waals surface area contributed by atoms with Crippen LogP contribution < -0.4 is 0 Å². The molecule has 17 heavy (non-hydrogen) atoms. The van der Waals surface area contributed by atoms with Gasteiger partial charge in [0.15, 0.2) is 5.78 Å². The van der Waals surface area contributed by atoms with Crippen molar-refractivity contribution in [1.82, 2.24) is 4.90 Å². The molecule has 1 heterocycles. The van der Waals surface area contributed by atoms with Crippen LogP contribution in [0.4, 0.5) is 0 Å². The molecule has 1 saturated heterocycles. The molecule has 1 aromatic carbocycles. The third-order valence-electron chi connectivity index (χ3n) is 3.76. The van der Waals surface area contributed by atoms with Crippen molar-refractivity contribution in [3.8, 4) is 0 Å². The average molecular weight is 229 g/mol. The number of ketones is 1. The Morgan fingerprint density at radius 2 is 2.00 bits per heavy atom. The second-order valence-electron chi connectivity index (χ2n) is 5.32. The van der Waals surface area contributed by atoms with E-state index in [4.69, 9.17) is 0 Å². The highest BCUT2D eigenvalue weighted by molar-refractivity contribution is 5.99. The average Bonchev–Trinajstić information content (AvgIpc) is 3.08. The Balaban J connectivity index is 1.71. The fraction of sp³-hybridized carbons (Fsp3) is 0.533. The molecule has 0 bridgehead atoms. The molecule has 1 aliphatic carbocycles. The molecule has 0 amide bonds. The van der Waals surface area contributed by atoms with E-state index in [-0.39, 0.29) is 0 Å². The molecule has 2 aliphatic rings. The number of carbonyl (C=O) groups excluding carboxylic acids is 1. The Bertz CT molecular complexity index is 417. The summed E-state index contributed by atoms with van der Waals surface area (Å²) in [7, 11) is 0. The number of benzene rings is 1. The first-order chi connectivity index (χ1) is 8.33. The third-order valence-corrected chi connectivity index (χ3v) is 3.76. The first-order valence-corrected chi connectivity index (χ1v) is 6.68. The van der Waals surface area contributed by atoms with E-state index in [1.807, 2.05) is 12.1 Å². The molecule has 2 fully saturated rings. The summed E-state index contributed by atoms with van der Waals surface area (Å²) >= 11 is 0. The Morgan fingerprint density at radius 1 is 1.24 bits per heavy atom. The summed E-state index contributed by atoms with van der Waals surface area (Å²) in [5.74, 6) is 0.685. The van der Waals surface area contributed by atoms with Crippen LogP contribution in [0.3, 0.4) is 0 Å². The minimum Gasteiger partial charge on any atom is -0.299 e. The van der Waals surface area contributed by atoms with Gasteiger partial charge >= 0.3 is 0 Å². The van der Waals surface area contributed by atoms with Crippen LogP contribution >= 0.6 is 0 Å². The molecule has 2 heteroatoms. The van der Waals surface area contributed by atoms with Crippen molar-refractivity contribution in [2.24, 2.45) is 5.92 Å². The molecule has 0 spiro atoms. The van der Waals surface area contributed by atoms with E-state index in [2.05, 4.69) is 17.0 Å². The van der Waals surface area contributed by atoms with Crippen molar-refractivity contribution >= 4 is 5.78 Å². The summed E-state index contributed by atoms with van der Waals surface area (Å²) in [6.07, 6.45) is 4.83. The third kappa shape index (κ3) is 2.58. The molecule has 0 atom stereocenters. The summed E-state index contributed by atoms with van der Waals surface area (Å²) in [6, 6.07) is 8.23. The second kappa shape index (κ2) is 4.61. The predicted molar refractivity (Wildman–Crippen MR) is 68.0 cm³/mol. The fourth-order valence-corrected chi connectivity index (χ4v) is 2.60. The normalized spacial score (nSPS) is 20.7. The summed E-state index contributed by atoms with van der Waals surface area (Å²) in [5, 5.41) is 0. The van der Waals surface area contributed by atoms with E-state index >= 15 is 0 Å². The molecule has 90 valence electrons. The molecule has 0 aromatic heterocycles. The molecule has 1 aliphatic heterocycles. The minimum atomic E-state index is 0.331. The largest absolute Gasteiger partial charge is 0.299 e. The van der Waals surface area contributed by atoms with Crippen molar-refractivity contribution in [2.45, 2.75) is 32.2 Å². The van der Waals surface area contributed by atoms with Crippen LogP contribution in [0.1, 0.15) is 41.6 Å². The first-order valence-electron chi connectivity index (χ1n) is 6.68. The number of likely N-dealkylation sites (tertiary alicyclic amines) is 1. The zero-order chi connectivity index (χ0) is 11.7. The minimum absolute atomic E-state index is 0.331. The number of Topliss-reactive ketones (excluding diaryl/α,β-unsaturated/α-hetero) is 1. The van der Waals surface area contributed by atoms with E-state index in [9.17, 15) is 4.79 Å². The topological polar surface area (TPSA) is 20.3 Å². The maximum Gasteiger partial charge on any atom is 0.165 e. The number of hydrogen-bond acceptors (Lipinski definition) is 2. The SMILES string of the molecule is O=C(c1cccc(CN2CCCC2)c1)C1CC1. The van der Waals surface area contributed by atoms with Gasteiger partial charge < -0.3 is 0 Å². The number of nitrogens with zero attached hydrogens (tertiary/aromatic N) is 1. The zero-order valence-corrected chi connectivity index (χ0v) is 10.2. The molecule has 1 saturated carbocycles. The van der Waals surface area contributed by atoms with Crippen LogP contribution in [0.25, 0.3) is 0 Å². The summed E-state index contributed by atoms with van der Waals surface area (Å²) in [4.78, 5) is 14.5. The van der Waals surface area contributed by atoms with Crippen molar-refractivity contribution in [1.29, 1.82) is 0 Å². The summed E-state index contributed by atoms with van der Waals surface area (Å²) in [6.45, 7) is 3.42. The van der Waals surface area contributed by atoms with Crippen molar-refractivity contribution in [3.63, 3.8) is 0 Å². The van der Waals surface area contributed by atoms with Gasteiger partial charge in [0.25, 0.3) is 0 Å². The quantitative estimate of drug-likeness (QED) is 0.740. The van der Waals surface area contributed by atoms with E-state index in [0.29, 0.717) is 11.7 Å².